The summed E-state index contributed by atoms with van der Waals surface area (Å²) in [6.07, 6.45) is 3.61. The van der Waals surface area contributed by atoms with E-state index in [1.54, 1.807) is 24.4 Å². The smallest absolute Gasteiger partial charge is 0.241 e. The van der Waals surface area contributed by atoms with Crippen LogP contribution in [0.4, 0.5) is 5.69 Å². The zero-order valence-corrected chi connectivity index (χ0v) is 13.0. The van der Waals surface area contributed by atoms with Gasteiger partial charge in [-0.3, -0.25) is 0 Å². The molecule has 1 aliphatic rings. The van der Waals surface area contributed by atoms with Crippen molar-refractivity contribution in [3.05, 3.63) is 48.0 Å². The van der Waals surface area contributed by atoms with Crippen LogP contribution >= 0.6 is 0 Å². The third-order valence-electron chi connectivity index (χ3n) is 3.66. The predicted octanol–water partition coefficient (Wildman–Crippen LogP) is 1.80. The Morgan fingerprint density at radius 3 is 2.50 bits per heavy atom. The summed E-state index contributed by atoms with van der Waals surface area (Å²) in [5, 5.41) is 0. The van der Waals surface area contributed by atoms with E-state index in [-0.39, 0.29) is 16.9 Å². The van der Waals surface area contributed by atoms with Gasteiger partial charge in [-0.25, -0.2) is 23.1 Å². The fraction of sp³-hybridized carbons (Fsp3) is 0.333. The molecule has 2 aromatic rings. The van der Waals surface area contributed by atoms with Crippen molar-refractivity contribution >= 4 is 15.7 Å². The fourth-order valence-electron chi connectivity index (χ4n) is 2.29. The maximum atomic E-state index is 12.5. The van der Waals surface area contributed by atoms with Crippen LogP contribution in [0.15, 0.2) is 41.4 Å². The molecule has 1 aliphatic carbocycles. The highest BCUT2D eigenvalue weighted by Crippen LogP contribution is 2.40. The molecule has 0 amide bonds. The number of aryl methyl sites for hydroxylation is 1. The summed E-state index contributed by atoms with van der Waals surface area (Å²) in [7, 11) is -3.63. The van der Waals surface area contributed by atoms with E-state index in [1.807, 2.05) is 6.92 Å². The van der Waals surface area contributed by atoms with Gasteiger partial charge in [0.2, 0.25) is 10.0 Å². The van der Waals surface area contributed by atoms with E-state index in [1.165, 1.54) is 12.1 Å². The molecule has 0 radical (unpaired) electrons. The van der Waals surface area contributed by atoms with Gasteiger partial charge in [-0.2, -0.15) is 0 Å². The van der Waals surface area contributed by atoms with Crippen LogP contribution in [0.3, 0.4) is 0 Å². The second kappa shape index (κ2) is 5.66. The Balaban J connectivity index is 1.89. The SMILES string of the molecule is Cc1ccnc([C@H](NS(=O)(=O)c2ccc(N)cc2)C2CC2)n1. The Kier molecular flexibility index (Phi) is 3.84. The number of nitrogens with one attached hydrogen (secondary N) is 1. The standard InChI is InChI=1S/C15H18N4O2S/c1-10-8-9-17-15(18-10)14(11-2-3-11)19-22(20,21)13-6-4-12(16)5-7-13/h4-9,11,14,19H,2-3,16H2,1H3/t14-/m1/s1. The number of anilines is 1. The van der Waals surface area contributed by atoms with E-state index in [0.29, 0.717) is 11.5 Å². The van der Waals surface area contributed by atoms with E-state index in [0.717, 1.165) is 18.5 Å². The molecule has 0 bridgehead atoms. The molecule has 3 N–H and O–H groups in total. The lowest BCUT2D eigenvalue weighted by Crippen LogP contribution is -2.31. The monoisotopic (exact) mass is 318 g/mol. The molecule has 1 aromatic heterocycles. The van der Waals surface area contributed by atoms with Crippen molar-refractivity contribution in [3.63, 3.8) is 0 Å². The number of aromatic nitrogens is 2. The van der Waals surface area contributed by atoms with Crippen LogP contribution in [0.5, 0.6) is 0 Å². The van der Waals surface area contributed by atoms with E-state index in [4.69, 9.17) is 5.73 Å². The summed E-state index contributed by atoms with van der Waals surface area (Å²) in [5.41, 5.74) is 6.95. The summed E-state index contributed by atoms with van der Waals surface area (Å²) < 4.78 is 27.8. The molecule has 1 atom stereocenters. The van der Waals surface area contributed by atoms with E-state index < -0.39 is 10.0 Å². The molecule has 3 rings (SSSR count). The Labute approximate surface area is 129 Å². The molecular formula is C15H18N4O2S. The van der Waals surface area contributed by atoms with Crippen molar-refractivity contribution in [3.8, 4) is 0 Å². The van der Waals surface area contributed by atoms with Gasteiger partial charge in [0.15, 0.2) is 0 Å². The first-order chi connectivity index (χ1) is 10.5. The number of hydrogen-bond acceptors (Lipinski definition) is 5. The van der Waals surface area contributed by atoms with E-state index in [2.05, 4.69) is 14.7 Å². The summed E-state index contributed by atoms with van der Waals surface area (Å²) in [4.78, 5) is 8.80. The maximum Gasteiger partial charge on any atom is 0.241 e. The van der Waals surface area contributed by atoms with Gasteiger partial charge >= 0.3 is 0 Å². The van der Waals surface area contributed by atoms with Gasteiger partial charge in [0.25, 0.3) is 0 Å². The van der Waals surface area contributed by atoms with Gasteiger partial charge in [0.1, 0.15) is 5.82 Å². The second-order valence-electron chi connectivity index (χ2n) is 5.56. The van der Waals surface area contributed by atoms with Crippen molar-refractivity contribution in [2.45, 2.75) is 30.7 Å². The number of rotatable bonds is 5. The van der Waals surface area contributed by atoms with Crippen molar-refractivity contribution < 1.29 is 8.42 Å². The molecule has 1 heterocycles. The molecule has 6 nitrogen and oxygen atoms in total. The topological polar surface area (TPSA) is 98.0 Å². The minimum atomic E-state index is -3.63. The summed E-state index contributed by atoms with van der Waals surface area (Å²) in [6.45, 7) is 1.86. The zero-order valence-electron chi connectivity index (χ0n) is 12.2. The average molecular weight is 318 g/mol. The third-order valence-corrected chi connectivity index (χ3v) is 5.11. The first-order valence-corrected chi connectivity index (χ1v) is 8.61. The number of benzene rings is 1. The number of nitrogens with zero attached hydrogens (tertiary/aromatic N) is 2. The Morgan fingerprint density at radius 1 is 1.23 bits per heavy atom. The van der Waals surface area contributed by atoms with Crippen LogP contribution in [0.2, 0.25) is 0 Å². The number of nitrogen functional groups attached to an aromatic ring is 1. The van der Waals surface area contributed by atoms with Crippen LogP contribution < -0.4 is 10.5 Å². The summed E-state index contributed by atoms with van der Waals surface area (Å²) >= 11 is 0. The number of sulfonamides is 1. The molecule has 1 saturated carbocycles. The van der Waals surface area contributed by atoms with E-state index >= 15 is 0 Å². The number of nitrogens with two attached hydrogens (primary N) is 1. The largest absolute Gasteiger partial charge is 0.399 e. The first kappa shape index (κ1) is 14.9. The van der Waals surface area contributed by atoms with Gasteiger partial charge in [-0.15, -0.1) is 0 Å². The molecular weight excluding hydrogens is 300 g/mol. The van der Waals surface area contributed by atoms with Crippen LogP contribution in [-0.4, -0.2) is 18.4 Å². The van der Waals surface area contributed by atoms with Crippen molar-refractivity contribution in [2.75, 3.05) is 5.73 Å². The highest BCUT2D eigenvalue weighted by atomic mass is 32.2. The van der Waals surface area contributed by atoms with Crippen molar-refractivity contribution in [1.29, 1.82) is 0 Å². The molecule has 7 heteroatoms. The Morgan fingerprint density at radius 2 is 1.91 bits per heavy atom. The fourth-order valence-corrected chi connectivity index (χ4v) is 3.55. The van der Waals surface area contributed by atoms with Gasteiger partial charge in [0, 0.05) is 17.6 Å². The Hall–Kier alpha value is -1.99. The van der Waals surface area contributed by atoms with Crippen LogP contribution in [0.1, 0.15) is 30.4 Å². The molecule has 0 unspecified atom stereocenters. The van der Waals surface area contributed by atoms with Gasteiger partial charge < -0.3 is 5.73 Å². The highest BCUT2D eigenvalue weighted by molar-refractivity contribution is 7.89. The molecule has 22 heavy (non-hydrogen) atoms. The average Bonchev–Trinajstić information content (AvgIpc) is 3.30. The van der Waals surface area contributed by atoms with Gasteiger partial charge in [-0.1, -0.05) is 0 Å². The van der Waals surface area contributed by atoms with Crippen molar-refractivity contribution in [2.24, 2.45) is 5.92 Å². The minimum absolute atomic E-state index is 0.194. The third kappa shape index (κ3) is 3.26. The second-order valence-corrected chi connectivity index (χ2v) is 7.28. The number of hydrogen-bond donors (Lipinski definition) is 2. The maximum absolute atomic E-state index is 12.5. The van der Waals surface area contributed by atoms with Crippen LogP contribution in [0, 0.1) is 12.8 Å². The van der Waals surface area contributed by atoms with Crippen LogP contribution in [0.25, 0.3) is 0 Å². The zero-order chi connectivity index (χ0) is 15.7. The normalized spacial score (nSPS) is 16.4. The molecule has 0 saturated heterocycles. The summed E-state index contributed by atoms with van der Waals surface area (Å²) in [5.74, 6) is 0.784. The summed E-state index contributed by atoms with van der Waals surface area (Å²) in [6, 6.07) is 7.55. The lowest BCUT2D eigenvalue weighted by Gasteiger charge is -2.17. The lowest BCUT2D eigenvalue weighted by molar-refractivity contribution is 0.510. The highest BCUT2D eigenvalue weighted by Gasteiger charge is 2.37. The first-order valence-electron chi connectivity index (χ1n) is 7.13. The minimum Gasteiger partial charge on any atom is -0.399 e. The molecule has 0 spiro atoms. The molecule has 1 fully saturated rings. The van der Waals surface area contributed by atoms with Gasteiger partial charge in [0.05, 0.1) is 10.9 Å². The predicted molar refractivity (Wildman–Crippen MR) is 83.4 cm³/mol. The lowest BCUT2D eigenvalue weighted by atomic mass is 10.2. The van der Waals surface area contributed by atoms with Crippen molar-refractivity contribution in [1.82, 2.24) is 14.7 Å². The Bertz CT molecular complexity index is 770. The molecule has 0 aliphatic heterocycles. The molecule has 1 aromatic carbocycles. The van der Waals surface area contributed by atoms with Crippen LogP contribution in [-0.2, 0) is 10.0 Å². The molecule has 116 valence electrons. The quantitative estimate of drug-likeness (QED) is 0.819. The van der Waals surface area contributed by atoms with Gasteiger partial charge in [-0.05, 0) is 56.0 Å². The van der Waals surface area contributed by atoms with E-state index in [9.17, 15) is 8.42 Å².